The summed E-state index contributed by atoms with van der Waals surface area (Å²) in [6.07, 6.45) is 4.43. The topological polar surface area (TPSA) is 56.1 Å². The minimum atomic E-state index is -0.701. The molecule has 6 heteroatoms. The molecule has 0 unspecified atom stereocenters. The number of hydrogen-bond acceptors (Lipinski definition) is 4. The maximum atomic E-state index is 11.9. The number of nitrogens with zero attached hydrogens (tertiary/aromatic N) is 2. The largest absolute Gasteiger partial charge is 0.358 e. The van der Waals surface area contributed by atoms with Crippen molar-refractivity contribution < 1.29 is 4.79 Å². The van der Waals surface area contributed by atoms with Gasteiger partial charge in [0, 0.05) is 13.1 Å². The van der Waals surface area contributed by atoms with Crippen LogP contribution in [0.4, 0.5) is 0 Å². The minimum Gasteiger partial charge on any atom is -0.358 e. The van der Waals surface area contributed by atoms with Gasteiger partial charge in [0.2, 0.25) is 5.91 Å². The van der Waals surface area contributed by atoms with Gasteiger partial charge in [0.05, 0.1) is 11.8 Å². The Bertz CT molecular complexity index is 411. The van der Waals surface area contributed by atoms with Crippen LogP contribution in [0.25, 0.3) is 0 Å². The van der Waals surface area contributed by atoms with Crippen LogP contribution in [0.5, 0.6) is 0 Å². The van der Waals surface area contributed by atoms with E-state index in [2.05, 4.69) is 16.3 Å². The lowest BCUT2D eigenvalue weighted by Crippen LogP contribution is -2.47. The van der Waals surface area contributed by atoms with Crippen molar-refractivity contribution in [2.45, 2.75) is 38.1 Å². The molecule has 104 valence electrons. The number of amides is 1. The average Bonchev–Trinajstić information content (AvgIpc) is 3.12. The van der Waals surface area contributed by atoms with E-state index in [0.29, 0.717) is 11.7 Å². The van der Waals surface area contributed by atoms with Gasteiger partial charge < -0.3 is 10.2 Å². The molecule has 1 heterocycles. The molecule has 4 nitrogen and oxygen atoms in total. The number of carbonyl (C=O) groups is 1. The molecule has 1 aliphatic heterocycles. The van der Waals surface area contributed by atoms with Crippen LogP contribution in [0.2, 0.25) is 0 Å². The Morgan fingerprint density at radius 1 is 1.53 bits per heavy atom. The number of likely N-dealkylation sites (tertiary alicyclic amines) is 1. The summed E-state index contributed by atoms with van der Waals surface area (Å²) in [5, 5.41) is 12.0. The van der Waals surface area contributed by atoms with Gasteiger partial charge in [-0.05, 0) is 38.5 Å². The average molecular weight is 297 g/mol. The summed E-state index contributed by atoms with van der Waals surface area (Å²) >= 11 is 6.71. The summed E-state index contributed by atoms with van der Waals surface area (Å²) < 4.78 is 0.803. The van der Waals surface area contributed by atoms with Crippen molar-refractivity contribution in [1.82, 2.24) is 10.2 Å². The third kappa shape index (κ3) is 3.83. The number of hydrogen-bond donors (Lipinski definition) is 1. The van der Waals surface area contributed by atoms with E-state index in [4.69, 9.17) is 12.2 Å². The van der Waals surface area contributed by atoms with Crippen molar-refractivity contribution >= 4 is 34.2 Å². The van der Waals surface area contributed by atoms with E-state index >= 15 is 0 Å². The minimum absolute atomic E-state index is 0.0949. The molecule has 0 spiro atoms. The normalized spacial score (nSPS) is 21.6. The van der Waals surface area contributed by atoms with Crippen molar-refractivity contribution in [3.63, 3.8) is 0 Å². The van der Waals surface area contributed by atoms with Crippen molar-refractivity contribution in [2.24, 2.45) is 5.92 Å². The van der Waals surface area contributed by atoms with Gasteiger partial charge in [-0.1, -0.05) is 24.0 Å². The molecule has 0 aromatic heterocycles. The molecule has 1 amide bonds. The lowest BCUT2D eigenvalue weighted by Gasteiger charge is -2.23. The maximum Gasteiger partial charge on any atom is 0.231 e. The molecule has 2 fully saturated rings. The fourth-order valence-electron chi connectivity index (χ4n) is 2.33. The van der Waals surface area contributed by atoms with Crippen LogP contribution in [0, 0.1) is 17.2 Å². The zero-order chi connectivity index (χ0) is 13.9. The molecule has 19 heavy (non-hydrogen) atoms. The van der Waals surface area contributed by atoms with Gasteiger partial charge in [-0.3, -0.25) is 4.79 Å². The van der Waals surface area contributed by atoms with E-state index < -0.39 is 5.54 Å². The standard InChI is InChI=1S/C13H19N3OS2/c1-13(9-14,10-4-5-10)15-11(17)8-19-12(18)16-6-2-3-7-16/h10H,2-8H2,1H3,(H,15,17)/t13-/m1/s1. The Morgan fingerprint density at radius 2 is 2.16 bits per heavy atom. The van der Waals surface area contributed by atoms with E-state index in [9.17, 15) is 10.1 Å². The molecule has 1 saturated heterocycles. The van der Waals surface area contributed by atoms with E-state index in [1.165, 1.54) is 24.6 Å². The highest BCUT2D eigenvalue weighted by Gasteiger charge is 2.42. The molecule has 0 bridgehead atoms. The number of nitrogens with one attached hydrogen (secondary N) is 1. The first-order chi connectivity index (χ1) is 9.05. The third-order valence-corrected chi connectivity index (χ3v) is 5.24. The number of carbonyl (C=O) groups excluding carboxylic acids is 1. The molecular weight excluding hydrogens is 278 g/mol. The van der Waals surface area contributed by atoms with Crippen LogP contribution < -0.4 is 5.32 Å². The summed E-state index contributed by atoms with van der Waals surface area (Å²) in [7, 11) is 0. The van der Waals surface area contributed by atoms with Crippen molar-refractivity contribution in [3.8, 4) is 6.07 Å². The number of nitriles is 1. The van der Waals surface area contributed by atoms with E-state index in [1.807, 2.05) is 6.92 Å². The molecule has 0 radical (unpaired) electrons. The second-order valence-corrected chi connectivity index (χ2v) is 6.99. The lowest BCUT2D eigenvalue weighted by molar-refractivity contribution is -0.119. The first kappa shape index (κ1) is 14.6. The van der Waals surface area contributed by atoms with E-state index in [1.54, 1.807) is 0 Å². The van der Waals surface area contributed by atoms with Gasteiger partial charge in [0.15, 0.2) is 0 Å². The zero-order valence-corrected chi connectivity index (χ0v) is 12.8. The summed E-state index contributed by atoms with van der Waals surface area (Å²) in [5.41, 5.74) is -0.701. The van der Waals surface area contributed by atoms with Crippen LogP contribution in [-0.2, 0) is 4.79 Å². The van der Waals surface area contributed by atoms with Crippen molar-refractivity contribution in [1.29, 1.82) is 5.26 Å². The van der Waals surface area contributed by atoms with Crippen molar-refractivity contribution in [2.75, 3.05) is 18.8 Å². The number of thiocarbonyl (C=S) groups is 1. The SMILES string of the molecule is C[C@](C#N)(NC(=O)CSC(=S)N1CCCC1)C1CC1. The Kier molecular flexibility index (Phi) is 4.69. The third-order valence-electron chi connectivity index (χ3n) is 3.72. The van der Waals surface area contributed by atoms with Crippen LogP contribution in [0.1, 0.15) is 32.6 Å². The molecule has 0 aromatic carbocycles. The molecule has 1 N–H and O–H groups in total. The predicted octanol–water partition coefficient (Wildman–Crippen LogP) is 1.91. The smallest absolute Gasteiger partial charge is 0.231 e. The molecule has 1 saturated carbocycles. The first-order valence-corrected chi connectivity index (χ1v) is 8.08. The molecule has 1 atom stereocenters. The molecule has 2 rings (SSSR count). The molecule has 0 aromatic rings. The Labute approximate surface area is 123 Å². The van der Waals surface area contributed by atoms with Crippen molar-refractivity contribution in [3.05, 3.63) is 0 Å². The van der Waals surface area contributed by atoms with Gasteiger partial charge in [-0.25, -0.2) is 0 Å². The van der Waals surface area contributed by atoms with Crippen LogP contribution in [0.3, 0.4) is 0 Å². The van der Waals surface area contributed by atoms with Gasteiger partial charge in [-0.15, -0.1) is 0 Å². The molecular formula is C13H19N3OS2. The lowest BCUT2D eigenvalue weighted by atomic mass is 9.98. The van der Waals surface area contributed by atoms with Crippen LogP contribution >= 0.6 is 24.0 Å². The maximum absolute atomic E-state index is 11.9. The van der Waals surface area contributed by atoms with Crippen LogP contribution in [-0.4, -0.2) is 39.5 Å². The molecule has 1 aliphatic carbocycles. The highest BCUT2D eigenvalue weighted by Crippen LogP contribution is 2.39. The Hall–Kier alpha value is -0.800. The summed E-state index contributed by atoms with van der Waals surface area (Å²) in [6, 6.07) is 2.23. The van der Waals surface area contributed by atoms with Gasteiger partial charge in [0.1, 0.15) is 9.86 Å². The Morgan fingerprint density at radius 3 is 2.68 bits per heavy atom. The van der Waals surface area contributed by atoms with E-state index in [-0.39, 0.29) is 5.91 Å². The second kappa shape index (κ2) is 6.10. The summed E-state index contributed by atoms with van der Waals surface area (Å²) in [6.45, 7) is 3.82. The fourth-order valence-corrected chi connectivity index (χ4v) is 3.38. The second-order valence-electron chi connectivity index (χ2n) is 5.39. The summed E-state index contributed by atoms with van der Waals surface area (Å²) in [5.74, 6) is 0.527. The number of rotatable bonds is 4. The van der Waals surface area contributed by atoms with Gasteiger partial charge in [0.25, 0.3) is 0 Å². The highest BCUT2D eigenvalue weighted by molar-refractivity contribution is 8.23. The van der Waals surface area contributed by atoms with E-state index in [0.717, 1.165) is 30.3 Å². The first-order valence-electron chi connectivity index (χ1n) is 6.69. The molecule has 2 aliphatic rings. The predicted molar refractivity (Wildman–Crippen MR) is 80.7 cm³/mol. The monoisotopic (exact) mass is 297 g/mol. The fraction of sp³-hybridized carbons (Fsp3) is 0.769. The Balaban J connectivity index is 1.75. The van der Waals surface area contributed by atoms with Gasteiger partial charge >= 0.3 is 0 Å². The highest BCUT2D eigenvalue weighted by atomic mass is 32.2. The van der Waals surface area contributed by atoms with Gasteiger partial charge in [-0.2, -0.15) is 5.26 Å². The van der Waals surface area contributed by atoms with Crippen LogP contribution in [0.15, 0.2) is 0 Å². The number of thioether (sulfide) groups is 1. The zero-order valence-electron chi connectivity index (χ0n) is 11.1. The quantitative estimate of drug-likeness (QED) is 0.803. The summed E-state index contributed by atoms with van der Waals surface area (Å²) in [4.78, 5) is 14.1.